The summed E-state index contributed by atoms with van der Waals surface area (Å²) in [4.78, 5) is 16.1. The van der Waals surface area contributed by atoms with Crippen LogP contribution in [0.5, 0.6) is 0 Å². The summed E-state index contributed by atoms with van der Waals surface area (Å²) < 4.78 is 0. The molecular formula is C52H56N2S2. The van der Waals surface area contributed by atoms with Crippen LogP contribution in [0.2, 0.25) is 0 Å². The molecule has 0 spiro atoms. The van der Waals surface area contributed by atoms with Crippen molar-refractivity contribution in [3.05, 3.63) is 119 Å². The smallest absolute Gasteiger partial charge is 0.160 e. The fourth-order valence-electron chi connectivity index (χ4n) is 8.68. The highest BCUT2D eigenvalue weighted by Gasteiger charge is 2.23. The molecule has 4 aromatic carbocycles. The Kier molecular flexibility index (Phi) is 12.3. The summed E-state index contributed by atoms with van der Waals surface area (Å²) in [7, 11) is 0. The summed E-state index contributed by atoms with van der Waals surface area (Å²) in [6, 6.07) is 36.6. The molecule has 4 heteroatoms. The molecule has 8 rings (SSSR count). The van der Waals surface area contributed by atoms with Crippen molar-refractivity contribution < 1.29 is 0 Å². The van der Waals surface area contributed by atoms with Crippen molar-refractivity contribution in [1.82, 2.24) is 9.97 Å². The number of aryl methyl sites for hydroxylation is 4. The standard InChI is InChI=1S/C52H56N2S2/c1-5-7-9-11-13-15-20-37-32-44(38(30-35(37)3)21-16-14-12-10-8-6-2)46-34-47(48-28-29-50(56-48)49-27-26-36(4)55-49)54-52(53-46)40-31-39-22-19-25-43-41-23-17-18-24-42(41)45(33-40)51(39)43/h17-19,22-34H,5-16,20-21H2,1-4H3. The number of rotatable bonds is 18. The highest BCUT2D eigenvalue weighted by Crippen LogP contribution is 2.48. The van der Waals surface area contributed by atoms with Gasteiger partial charge in [-0.05, 0) is 138 Å². The average Bonchev–Trinajstić information content (AvgIpc) is 3.97. The second-order valence-corrected chi connectivity index (χ2v) is 18.4. The molecular weight excluding hydrogens is 717 g/mol. The van der Waals surface area contributed by atoms with Crippen molar-refractivity contribution in [3.63, 3.8) is 0 Å². The molecule has 0 saturated heterocycles. The molecule has 3 heterocycles. The third-order valence-electron chi connectivity index (χ3n) is 11.7. The molecule has 0 fully saturated rings. The van der Waals surface area contributed by atoms with Crippen LogP contribution in [-0.2, 0) is 12.8 Å². The van der Waals surface area contributed by atoms with Gasteiger partial charge in [-0.25, -0.2) is 9.97 Å². The highest BCUT2D eigenvalue weighted by molar-refractivity contribution is 7.23. The minimum Gasteiger partial charge on any atom is -0.228 e. The van der Waals surface area contributed by atoms with Crippen molar-refractivity contribution in [2.75, 3.05) is 0 Å². The molecule has 1 aliphatic carbocycles. The van der Waals surface area contributed by atoms with Gasteiger partial charge < -0.3 is 0 Å². The van der Waals surface area contributed by atoms with Crippen LogP contribution < -0.4 is 0 Å². The van der Waals surface area contributed by atoms with Gasteiger partial charge in [0.1, 0.15) is 0 Å². The maximum Gasteiger partial charge on any atom is 0.160 e. The summed E-state index contributed by atoms with van der Waals surface area (Å²) in [5.74, 6) is 0.802. The molecule has 0 bridgehead atoms. The van der Waals surface area contributed by atoms with E-state index in [2.05, 4.69) is 125 Å². The Morgan fingerprint density at radius 3 is 1.82 bits per heavy atom. The Morgan fingerprint density at radius 2 is 1.09 bits per heavy atom. The lowest BCUT2D eigenvalue weighted by molar-refractivity contribution is 0.605. The number of hydrogen-bond donors (Lipinski definition) is 0. The van der Waals surface area contributed by atoms with Crippen LogP contribution in [0.1, 0.15) is 112 Å². The van der Waals surface area contributed by atoms with Crippen LogP contribution >= 0.6 is 22.7 Å². The summed E-state index contributed by atoms with van der Waals surface area (Å²) in [5, 5.41) is 2.58. The molecule has 0 amide bonds. The van der Waals surface area contributed by atoms with Gasteiger partial charge in [-0.2, -0.15) is 0 Å². The van der Waals surface area contributed by atoms with Gasteiger partial charge in [-0.1, -0.05) is 127 Å². The second-order valence-electron chi connectivity index (χ2n) is 16.0. The van der Waals surface area contributed by atoms with E-state index in [0.717, 1.165) is 35.6 Å². The zero-order chi connectivity index (χ0) is 38.4. The minimum absolute atomic E-state index is 0.802. The van der Waals surface area contributed by atoms with E-state index in [1.807, 2.05) is 22.7 Å². The van der Waals surface area contributed by atoms with Crippen molar-refractivity contribution in [3.8, 4) is 65.2 Å². The number of thiophene rings is 2. The molecule has 7 aromatic rings. The van der Waals surface area contributed by atoms with Crippen LogP contribution in [0.25, 0.3) is 76.0 Å². The maximum absolute atomic E-state index is 5.55. The van der Waals surface area contributed by atoms with Gasteiger partial charge in [0.05, 0.1) is 16.3 Å². The van der Waals surface area contributed by atoms with Gasteiger partial charge in [-0.3, -0.25) is 0 Å². The third kappa shape index (κ3) is 8.34. The van der Waals surface area contributed by atoms with Crippen molar-refractivity contribution in [1.29, 1.82) is 0 Å². The van der Waals surface area contributed by atoms with Crippen LogP contribution in [0.15, 0.2) is 97.1 Å². The van der Waals surface area contributed by atoms with Crippen molar-refractivity contribution >= 4 is 33.4 Å². The SMILES string of the molecule is CCCCCCCCc1cc(-c2cc(-c3ccc(-c4ccc(C)s4)s3)nc(-c3cc4c5c(cccc5c3)-c3ccccc3-4)n2)c(CCCCCCCC)cc1C. The fraction of sp³-hybridized carbons (Fsp3) is 0.346. The van der Waals surface area contributed by atoms with Crippen LogP contribution in [0.4, 0.5) is 0 Å². The molecule has 56 heavy (non-hydrogen) atoms. The molecule has 0 atom stereocenters. The lowest BCUT2D eigenvalue weighted by Gasteiger charge is -2.17. The topological polar surface area (TPSA) is 25.8 Å². The maximum atomic E-state index is 5.55. The second kappa shape index (κ2) is 17.8. The van der Waals surface area contributed by atoms with Crippen LogP contribution in [0.3, 0.4) is 0 Å². The van der Waals surface area contributed by atoms with Gasteiger partial charge in [0.2, 0.25) is 0 Å². The molecule has 0 radical (unpaired) electrons. The van der Waals surface area contributed by atoms with Crippen LogP contribution in [-0.4, -0.2) is 9.97 Å². The van der Waals surface area contributed by atoms with Gasteiger partial charge in [0, 0.05) is 25.8 Å². The Labute approximate surface area is 343 Å². The molecule has 0 unspecified atom stereocenters. The number of hydrogen-bond acceptors (Lipinski definition) is 4. The number of nitrogens with zero attached hydrogens (tertiary/aromatic N) is 2. The first-order valence-corrected chi connectivity index (χ1v) is 23.0. The highest BCUT2D eigenvalue weighted by atomic mass is 32.1. The predicted molar refractivity (Wildman–Crippen MR) is 245 cm³/mol. The molecule has 3 aromatic heterocycles. The quantitative estimate of drug-likeness (QED) is 0.0812. The summed E-state index contributed by atoms with van der Waals surface area (Å²) in [6.45, 7) is 9.12. The van der Waals surface area contributed by atoms with E-state index in [-0.39, 0.29) is 0 Å². The summed E-state index contributed by atoms with van der Waals surface area (Å²) in [5.41, 5.74) is 14.0. The van der Waals surface area contributed by atoms with Gasteiger partial charge in [0.15, 0.2) is 5.82 Å². The lowest BCUT2D eigenvalue weighted by Crippen LogP contribution is -2.01. The average molecular weight is 773 g/mol. The molecule has 286 valence electrons. The van der Waals surface area contributed by atoms with Gasteiger partial charge in [0.25, 0.3) is 0 Å². The molecule has 0 N–H and O–H groups in total. The summed E-state index contributed by atoms with van der Waals surface area (Å²) in [6.07, 6.45) is 17.8. The fourth-order valence-corrected chi connectivity index (χ4v) is 10.6. The Hall–Kier alpha value is -4.38. The van der Waals surface area contributed by atoms with Crippen molar-refractivity contribution in [2.24, 2.45) is 0 Å². The normalized spacial score (nSPS) is 11.9. The van der Waals surface area contributed by atoms with E-state index in [0.29, 0.717) is 0 Å². The summed E-state index contributed by atoms with van der Waals surface area (Å²) >= 11 is 3.70. The Morgan fingerprint density at radius 1 is 0.464 bits per heavy atom. The lowest BCUT2D eigenvalue weighted by atomic mass is 9.91. The number of unbranched alkanes of at least 4 members (excludes halogenated alkanes) is 10. The predicted octanol–water partition coefficient (Wildman–Crippen LogP) is 16.5. The molecule has 2 nitrogen and oxygen atoms in total. The molecule has 1 aliphatic rings. The minimum atomic E-state index is 0.802. The first-order valence-electron chi connectivity index (χ1n) is 21.4. The van der Waals surface area contributed by atoms with Crippen molar-refractivity contribution in [2.45, 2.75) is 118 Å². The zero-order valence-corrected chi connectivity index (χ0v) is 35.5. The van der Waals surface area contributed by atoms with E-state index in [9.17, 15) is 0 Å². The van der Waals surface area contributed by atoms with E-state index in [1.54, 1.807) is 0 Å². The van der Waals surface area contributed by atoms with Crippen LogP contribution in [0, 0.1) is 13.8 Å². The van der Waals surface area contributed by atoms with Gasteiger partial charge >= 0.3 is 0 Å². The molecule has 0 saturated carbocycles. The number of aromatic nitrogens is 2. The first-order chi connectivity index (χ1) is 27.5. The Bertz CT molecular complexity index is 2450. The zero-order valence-electron chi connectivity index (χ0n) is 33.8. The van der Waals surface area contributed by atoms with E-state index < -0.39 is 0 Å². The first kappa shape index (κ1) is 38.5. The molecule has 0 aliphatic heterocycles. The largest absolute Gasteiger partial charge is 0.228 e. The Balaban J connectivity index is 1.24. The third-order valence-corrected chi connectivity index (χ3v) is 14.1. The van der Waals surface area contributed by atoms with E-state index >= 15 is 0 Å². The number of benzene rings is 4. The van der Waals surface area contributed by atoms with Gasteiger partial charge in [-0.15, -0.1) is 22.7 Å². The van der Waals surface area contributed by atoms with E-state index in [1.165, 1.54) is 152 Å². The van der Waals surface area contributed by atoms with E-state index in [4.69, 9.17) is 9.97 Å². The number of fused-ring (bicyclic) bond motifs is 3. The monoisotopic (exact) mass is 772 g/mol.